The summed E-state index contributed by atoms with van der Waals surface area (Å²) in [5, 5.41) is 4.39. The maximum atomic E-state index is 6.99. The van der Waals surface area contributed by atoms with E-state index in [1.807, 2.05) is 48.5 Å². The first-order valence-corrected chi connectivity index (χ1v) is 20.1. The lowest BCUT2D eigenvalue weighted by molar-refractivity contribution is 0.660. The number of hydrogen-bond donors (Lipinski definition) is 0. The molecule has 8 aromatic carbocycles. The molecule has 11 aromatic rings. The molecule has 1 aliphatic rings. The molecule has 278 valence electrons. The Bertz CT molecular complexity index is 3450. The Morgan fingerprint density at radius 1 is 0.441 bits per heavy atom. The monoisotopic (exact) mass is 756 g/mol. The molecule has 0 unspecified atom stereocenters. The standard InChI is InChI=1S/C54H36N4O/c1-54(2)42-22-12-9-20-39(42)48-43(54)31-29-38-37-19-10-13-23-44(37)58(49(38)48)45-32-30-41(47-40-21-11-14-24-46(40)59-50(45)47)53-56-51(35-17-7-4-8-18-35)55-52(57-53)36-27-25-34(26-28-36)33-15-5-3-6-16-33/h3-32H,1-2H3. The Morgan fingerprint density at radius 3 is 1.81 bits per heavy atom. The zero-order chi connectivity index (χ0) is 39.2. The van der Waals surface area contributed by atoms with Gasteiger partial charge in [0.1, 0.15) is 5.58 Å². The van der Waals surface area contributed by atoms with E-state index in [-0.39, 0.29) is 5.41 Å². The van der Waals surface area contributed by atoms with Crippen LogP contribution in [0.25, 0.3) is 106 Å². The van der Waals surface area contributed by atoms with Crippen LogP contribution in [0.15, 0.2) is 186 Å². The first-order chi connectivity index (χ1) is 29.0. The van der Waals surface area contributed by atoms with E-state index in [0.717, 1.165) is 61.0 Å². The lowest BCUT2D eigenvalue weighted by atomic mass is 9.82. The van der Waals surface area contributed by atoms with Crippen LogP contribution in [0.1, 0.15) is 25.0 Å². The highest BCUT2D eigenvalue weighted by Gasteiger charge is 2.38. The van der Waals surface area contributed by atoms with Gasteiger partial charge in [-0.05, 0) is 52.1 Å². The molecule has 59 heavy (non-hydrogen) atoms. The molecule has 1 aliphatic carbocycles. The minimum atomic E-state index is -0.144. The maximum Gasteiger partial charge on any atom is 0.164 e. The van der Waals surface area contributed by atoms with Gasteiger partial charge >= 0.3 is 0 Å². The molecule has 0 amide bonds. The van der Waals surface area contributed by atoms with Gasteiger partial charge < -0.3 is 8.98 Å². The molecule has 5 nitrogen and oxygen atoms in total. The summed E-state index contributed by atoms with van der Waals surface area (Å²) >= 11 is 0. The van der Waals surface area contributed by atoms with E-state index in [1.165, 1.54) is 38.5 Å². The van der Waals surface area contributed by atoms with E-state index >= 15 is 0 Å². The van der Waals surface area contributed by atoms with Gasteiger partial charge in [0.2, 0.25) is 0 Å². The van der Waals surface area contributed by atoms with Gasteiger partial charge in [-0.1, -0.05) is 172 Å². The molecule has 0 aliphatic heterocycles. The second-order valence-electron chi connectivity index (χ2n) is 16.0. The Morgan fingerprint density at radius 2 is 1.03 bits per heavy atom. The largest absolute Gasteiger partial charge is 0.454 e. The molecule has 5 heteroatoms. The Hall–Kier alpha value is -7.63. The van der Waals surface area contributed by atoms with Crippen LogP contribution >= 0.6 is 0 Å². The van der Waals surface area contributed by atoms with Crippen molar-refractivity contribution in [3.63, 3.8) is 0 Å². The quantitative estimate of drug-likeness (QED) is 0.175. The van der Waals surface area contributed by atoms with Gasteiger partial charge in [-0.15, -0.1) is 0 Å². The molecule has 0 atom stereocenters. The van der Waals surface area contributed by atoms with Crippen molar-refractivity contribution in [2.45, 2.75) is 19.3 Å². The van der Waals surface area contributed by atoms with Gasteiger partial charge in [0, 0.05) is 49.2 Å². The highest BCUT2D eigenvalue weighted by atomic mass is 16.3. The fraction of sp³-hybridized carbons (Fsp3) is 0.0556. The van der Waals surface area contributed by atoms with Crippen molar-refractivity contribution >= 4 is 43.7 Å². The van der Waals surface area contributed by atoms with E-state index in [4.69, 9.17) is 19.4 Å². The minimum Gasteiger partial charge on any atom is -0.454 e. The van der Waals surface area contributed by atoms with Crippen molar-refractivity contribution in [1.82, 2.24) is 19.5 Å². The number of benzene rings is 8. The van der Waals surface area contributed by atoms with Crippen LogP contribution < -0.4 is 0 Å². The SMILES string of the molecule is CC1(C)c2ccccc2-c2c1ccc1c3ccccc3n(-c3ccc(-c4nc(-c5ccccc5)nc(-c5ccc(-c6ccccc6)cc5)n4)c4c3oc3ccccc34)c21. The van der Waals surface area contributed by atoms with Crippen molar-refractivity contribution in [3.05, 3.63) is 193 Å². The summed E-state index contributed by atoms with van der Waals surface area (Å²) in [6, 6.07) is 63.9. The van der Waals surface area contributed by atoms with Gasteiger partial charge in [-0.3, -0.25) is 0 Å². The summed E-state index contributed by atoms with van der Waals surface area (Å²) in [6.07, 6.45) is 0. The molecular weight excluding hydrogens is 721 g/mol. The van der Waals surface area contributed by atoms with Crippen molar-refractivity contribution < 1.29 is 4.42 Å². The summed E-state index contributed by atoms with van der Waals surface area (Å²) in [5.41, 5.74) is 15.0. The topological polar surface area (TPSA) is 56.7 Å². The number of rotatable bonds is 5. The van der Waals surface area contributed by atoms with Gasteiger partial charge in [-0.2, -0.15) is 0 Å². The molecule has 0 spiro atoms. The predicted octanol–water partition coefficient (Wildman–Crippen LogP) is 13.8. The van der Waals surface area contributed by atoms with Crippen molar-refractivity contribution in [3.8, 4) is 62.1 Å². The highest BCUT2D eigenvalue weighted by molar-refractivity contribution is 6.19. The summed E-state index contributed by atoms with van der Waals surface area (Å²) in [6.45, 7) is 4.68. The van der Waals surface area contributed by atoms with Crippen molar-refractivity contribution in [2.75, 3.05) is 0 Å². The fourth-order valence-electron chi connectivity index (χ4n) is 9.45. The lowest BCUT2D eigenvalue weighted by Crippen LogP contribution is -2.14. The van der Waals surface area contributed by atoms with E-state index < -0.39 is 0 Å². The second kappa shape index (κ2) is 12.7. The molecular formula is C54H36N4O. The summed E-state index contributed by atoms with van der Waals surface area (Å²) in [5.74, 6) is 1.81. The zero-order valence-corrected chi connectivity index (χ0v) is 32.5. The van der Waals surface area contributed by atoms with Crippen LogP contribution in [0.4, 0.5) is 0 Å². The van der Waals surface area contributed by atoms with Crippen LogP contribution in [0.2, 0.25) is 0 Å². The van der Waals surface area contributed by atoms with Crippen molar-refractivity contribution in [1.29, 1.82) is 0 Å². The Labute approximate surface area is 340 Å². The number of fused-ring (bicyclic) bond motifs is 10. The molecule has 12 rings (SSSR count). The van der Waals surface area contributed by atoms with Gasteiger partial charge in [0.05, 0.1) is 16.7 Å². The van der Waals surface area contributed by atoms with Crippen LogP contribution in [-0.2, 0) is 5.41 Å². The van der Waals surface area contributed by atoms with E-state index in [2.05, 4.69) is 152 Å². The molecule has 0 radical (unpaired) electrons. The molecule has 0 bridgehead atoms. The first-order valence-electron chi connectivity index (χ1n) is 20.1. The Kier molecular flexibility index (Phi) is 7.20. The van der Waals surface area contributed by atoms with E-state index in [9.17, 15) is 0 Å². The number of furan rings is 1. The third-order valence-electron chi connectivity index (χ3n) is 12.3. The minimum absolute atomic E-state index is 0.144. The lowest BCUT2D eigenvalue weighted by Gasteiger charge is -2.21. The smallest absolute Gasteiger partial charge is 0.164 e. The normalized spacial score (nSPS) is 13.1. The molecule has 0 saturated heterocycles. The third kappa shape index (κ3) is 5.01. The average Bonchev–Trinajstić information content (AvgIpc) is 3.93. The van der Waals surface area contributed by atoms with Crippen molar-refractivity contribution in [2.24, 2.45) is 0 Å². The summed E-state index contributed by atoms with van der Waals surface area (Å²) < 4.78 is 9.42. The van der Waals surface area contributed by atoms with Crippen LogP contribution in [0.5, 0.6) is 0 Å². The number of para-hydroxylation sites is 2. The number of aromatic nitrogens is 4. The Balaban J connectivity index is 1.13. The third-order valence-corrected chi connectivity index (χ3v) is 12.3. The van der Waals surface area contributed by atoms with Crippen LogP contribution in [-0.4, -0.2) is 19.5 Å². The maximum absolute atomic E-state index is 6.99. The van der Waals surface area contributed by atoms with Gasteiger partial charge in [0.15, 0.2) is 23.1 Å². The van der Waals surface area contributed by atoms with Crippen LogP contribution in [0, 0.1) is 0 Å². The summed E-state index contributed by atoms with van der Waals surface area (Å²) in [7, 11) is 0. The number of nitrogens with zero attached hydrogens (tertiary/aromatic N) is 4. The average molecular weight is 757 g/mol. The van der Waals surface area contributed by atoms with Gasteiger partial charge in [-0.25, -0.2) is 15.0 Å². The van der Waals surface area contributed by atoms with Gasteiger partial charge in [0.25, 0.3) is 0 Å². The number of hydrogen-bond acceptors (Lipinski definition) is 4. The second-order valence-corrected chi connectivity index (χ2v) is 16.0. The molecule has 0 N–H and O–H groups in total. The fourth-order valence-corrected chi connectivity index (χ4v) is 9.45. The summed E-state index contributed by atoms with van der Waals surface area (Å²) in [4.78, 5) is 15.5. The van der Waals surface area contributed by atoms with E-state index in [0.29, 0.717) is 17.5 Å². The molecule has 0 saturated carbocycles. The van der Waals surface area contributed by atoms with Crippen LogP contribution in [0.3, 0.4) is 0 Å². The zero-order valence-electron chi connectivity index (χ0n) is 32.5. The first kappa shape index (κ1) is 33.5. The predicted molar refractivity (Wildman–Crippen MR) is 241 cm³/mol. The molecule has 3 heterocycles. The van der Waals surface area contributed by atoms with E-state index in [1.54, 1.807) is 0 Å². The molecule has 0 fully saturated rings. The highest BCUT2D eigenvalue weighted by Crippen LogP contribution is 2.53. The molecule has 3 aromatic heterocycles.